The summed E-state index contributed by atoms with van der Waals surface area (Å²) in [5.74, 6) is -0.838. The second-order valence-electron chi connectivity index (χ2n) is 16.2. The topological polar surface area (TPSA) is 471 Å². The van der Waals surface area contributed by atoms with Crippen molar-refractivity contribution in [2.75, 3.05) is 45.3 Å². The van der Waals surface area contributed by atoms with E-state index in [2.05, 4.69) is 23.3 Å². The fourth-order valence-corrected chi connectivity index (χ4v) is 8.08. The molecule has 5 rings (SSSR count). The summed E-state index contributed by atoms with van der Waals surface area (Å²) in [6.45, 7) is -5.10. The van der Waals surface area contributed by atoms with E-state index in [1.807, 2.05) is 0 Å². The van der Waals surface area contributed by atoms with E-state index in [1.54, 1.807) is 0 Å². The molecule has 5 aliphatic heterocycles. The number of nitrogens with one attached hydrogen (secondary N) is 2. The second kappa shape index (κ2) is 24.9. The molecular formula is C36H63N3O26S. The van der Waals surface area contributed by atoms with E-state index in [1.165, 1.54) is 0 Å². The molecule has 66 heavy (non-hydrogen) atoms. The molecule has 0 spiro atoms. The Bertz CT molecular complexity index is 1510. The standard InChI is InChI=1S/C36H63N3O26S/c37-17-21(50)28(62-35-27(56)31(20(49)12(7-42)59-35)65-34-25(54)22(51)18(47)10(5-40)58-34)14(9-44)61-33(17)64-30-19(48)11(6-41)60-36(26(30)55)63-29-13(8-43)57-32(24(53)23(29)52)39-16(46)4-38-15(45)2-1-3-66/h10-14,17-36,40-44,47-56,66H,1-9,37H2,(H,38,45)(H,39,46)/t10?,11?,12?,13?,14?,17?,18-,19-,20-,21?,22?,23?,24?,25?,26?,27?,28+,29+,30?,31?,32?,33-,34?,35?,36-/m0/s1. The van der Waals surface area contributed by atoms with Crippen molar-refractivity contribution < 1.29 is 129 Å². The Morgan fingerprint density at radius 3 is 1.39 bits per heavy atom. The Morgan fingerprint density at radius 1 is 0.470 bits per heavy atom. The van der Waals surface area contributed by atoms with Crippen LogP contribution in [0.5, 0.6) is 0 Å². The number of ether oxygens (including phenoxy) is 9. The van der Waals surface area contributed by atoms with Crippen LogP contribution in [0.2, 0.25) is 0 Å². The molecule has 0 saturated carbocycles. The summed E-state index contributed by atoms with van der Waals surface area (Å²) < 4.78 is 50.6. The van der Waals surface area contributed by atoms with E-state index in [-0.39, 0.29) is 6.42 Å². The minimum atomic E-state index is -2.09. The van der Waals surface area contributed by atoms with Gasteiger partial charge in [0.2, 0.25) is 11.8 Å². The Hall–Kier alpha value is -1.71. The Balaban J connectivity index is 1.24. The molecule has 30 heteroatoms. The molecule has 25 atom stereocenters. The molecule has 0 bridgehead atoms. The summed E-state index contributed by atoms with van der Waals surface area (Å²) in [6.07, 6.45) is -43.1. The van der Waals surface area contributed by atoms with Crippen molar-refractivity contribution in [3.63, 3.8) is 0 Å². The number of rotatable bonds is 19. The fourth-order valence-electron chi connectivity index (χ4n) is 7.92. The van der Waals surface area contributed by atoms with E-state index in [9.17, 15) is 86.2 Å². The molecule has 19 N–H and O–H groups in total. The van der Waals surface area contributed by atoms with Gasteiger partial charge in [-0.15, -0.1) is 0 Å². The van der Waals surface area contributed by atoms with Crippen LogP contribution >= 0.6 is 12.6 Å². The van der Waals surface area contributed by atoms with Crippen LogP contribution in [0.3, 0.4) is 0 Å². The van der Waals surface area contributed by atoms with Crippen LogP contribution in [0, 0.1) is 0 Å². The molecule has 0 aromatic carbocycles. The number of hydrogen-bond donors (Lipinski definition) is 19. The van der Waals surface area contributed by atoms with Gasteiger partial charge in [0.15, 0.2) is 31.4 Å². The molecule has 18 unspecified atom stereocenters. The lowest BCUT2D eigenvalue weighted by Crippen LogP contribution is -2.69. The first-order valence-corrected chi connectivity index (χ1v) is 21.7. The number of nitrogens with two attached hydrogens (primary N) is 1. The highest BCUT2D eigenvalue weighted by Crippen LogP contribution is 2.35. The number of aliphatic hydroxyl groups is 15. The minimum Gasteiger partial charge on any atom is -0.394 e. The van der Waals surface area contributed by atoms with Crippen molar-refractivity contribution in [1.29, 1.82) is 0 Å². The van der Waals surface area contributed by atoms with Crippen molar-refractivity contribution in [2.24, 2.45) is 5.73 Å². The highest BCUT2D eigenvalue weighted by Gasteiger charge is 2.56. The van der Waals surface area contributed by atoms with Gasteiger partial charge < -0.3 is 136 Å². The Kier molecular flexibility index (Phi) is 20.8. The maximum atomic E-state index is 12.5. The first-order chi connectivity index (χ1) is 31.3. The largest absolute Gasteiger partial charge is 0.394 e. The summed E-state index contributed by atoms with van der Waals surface area (Å²) >= 11 is 4.01. The van der Waals surface area contributed by atoms with Crippen LogP contribution in [-0.2, 0) is 52.2 Å². The van der Waals surface area contributed by atoms with Gasteiger partial charge >= 0.3 is 0 Å². The number of amides is 2. The maximum Gasteiger partial charge on any atom is 0.241 e. The van der Waals surface area contributed by atoms with Crippen molar-refractivity contribution in [3.8, 4) is 0 Å². The molecular weight excluding hydrogens is 922 g/mol. The van der Waals surface area contributed by atoms with Gasteiger partial charge in [0.1, 0.15) is 116 Å². The number of aliphatic hydroxyl groups excluding tert-OH is 15. The lowest BCUT2D eigenvalue weighted by molar-refractivity contribution is -0.384. The molecule has 0 aromatic rings. The van der Waals surface area contributed by atoms with E-state index >= 15 is 0 Å². The normalized spacial score (nSPS) is 46.7. The SMILES string of the molecule is NC1C(O)[C@H](OC2OC(CO)[C@H](O)C(OC3OC(CO)[C@H](O)C(O)C3O)C2O)C(CO)O[C@H]1OC1C(O)[C@H](O[C@@H]2C(CO)OC(NC(=O)CNC(=O)CCCS)C(O)C2O)OC(CO)[C@@H]1O. The molecule has 0 radical (unpaired) electrons. The summed E-state index contributed by atoms with van der Waals surface area (Å²) in [5, 5.41) is 163. The highest BCUT2D eigenvalue weighted by molar-refractivity contribution is 7.80. The number of hydrogen-bond acceptors (Lipinski definition) is 28. The fraction of sp³-hybridized carbons (Fsp3) is 0.944. The van der Waals surface area contributed by atoms with Crippen LogP contribution < -0.4 is 16.4 Å². The summed E-state index contributed by atoms with van der Waals surface area (Å²) in [4.78, 5) is 24.4. The van der Waals surface area contributed by atoms with E-state index in [4.69, 9.17) is 48.4 Å². The third-order valence-electron chi connectivity index (χ3n) is 11.7. The van der Waals surface area contributed by atoms with E-state index in [0.29, 0.717) is 12.2 Å². The molecule has 5 fully saturated rings. The number of carbonyl (C=O) groups is 2. The number of carbonyl (C=O) groups excluding carboxylic acids is 2. The smallest absolute Gasteiger partial charge is 0.241 e. The molecule has 384 valence electrons. The third-order valence-corrected chi connectivity index (χ3v) is 12.0. The van der Waals surface area contributed by atoms with Crippen molar-refractivity contribution >= 4 is 24.4 Å². The molecule has 5 aliphatic rings. The lowest BCUT2D eigenvalue weighted by Gasteiger charge is -2.50. The molecule has 2 amide bonds. The van der Waals surface area contributed by atoms with E-state index in [0.717, 1.165) is 0 Å². The monoisotopic (exact) mass is 985 g/mol. The maximum absolute atomic E-state index is 12.5. The van der Waals surface area contributed by atoms with Gasteiger partial charge in [-0.2, -0.15) is 12.6 Å². The Morgan fingerprint density at radius 2 is 0.894 bits per heavy atom. The molecule has 0 aliphatic carbocycles. The first-order valence-electron chi connectivity index (χ1n) is 21.0. The van der Waals surface area contributed by atoms with Gasteiger partial charge in [-0.1, -0.05) is 0 Å². The quantitative estimate of drug-likeness (QED) is 0.0534. The molecule has 5 heterocycles. The molecule has 0 aromatic heterocycles. The molecule has 5 saturated heterocycles. The number of thiol groups is 1. The average Bonchev–Trinajstić information content (AvgIpc) is 3.30. The van der Waals surface area contributed by atoms with Crippen LogP contribution in [-0.4, -0.2) is 287 Å². The van der Waals surface area contributed by atoms with Crippen LogP contribution in [0.25, 0.3) is 0 Å². The zero-order chi connectivity index (χ0) is 48.7. The van der Waals surface area contributed by atoms with Crippen LogP contribution in [0.1, 0.15) is 12.8 Å². The molecule has 29 nitrogen and oxygen atoms in total. The predicted octanol–water partition coefficient (Wildman–Crippen LogP) is -12.0. The predicted molar refractivity (Wildman–Crippen MR) is 211 cm³/mol. The van der Waals surface area contributed by atoms with Gasteiger partial charge in [0.25, 0.3) is 0 Å². The van der Waals surface area contributed by atoms with Crippen molar-refractivity contribution in [3.05, 3.63) is 0 Å². The zero-order valence-corrected chi connectivity index (χ0v) is 35.9. The first kappa shape index (κ1) is 55.2. The van der Waals surface area contributed by atoms with Gasteiger partial charge in [0.05, 0.1) is 45.6 Å². The third kappa shape index (κ3) is 12.4. The average molecular weight is 986 g/mol. The van der Waals surface area contributed by atoms with Gasteiger partial charge in [-0.05, 0) is 12.2 Å². The second-order valence-corrected chi connectivity index (χ2v) is 16.7. The minimum absolute atomic E-state index is 0.0994. The van der Waals surface area contributed by atoms with E-state index < -0.39 is 205 Å². The summed E-state index contributed by atoms with van der Waals surface area (Å²) in [7, 11) is 0. The lowest BCUT2D eigenvalue weighted by atomic mass is 9.94. The van der Waals surface area contributed by atoms with Crippen molar-refractivity contribution in [1.82, 2.24) is 10.6 Å². The summed E-state index contributed by atoms with van der Waals surface area (Å²) in [6, 6.07) is -1.70. The highest BCUT2D eigenvalue weighted by atomic mass is 32.1. The van der Waals surface area contributed by atoms with Gasteiger partial charge in [0, 0.05) is 6.42 Å². The van der Waals surface area contributed by atoms with Crippen molar-refractivity contribution in [2.45, 2.75) is 166 Å². The van der Waals surface area contributed by atoms with Crippen LogP contribution in [0.15, 0.2) is 0 Å². The van der Waals surface area contributed by atoms with Gasteiger partial charge in [-0.3, -0.25) is 9.59 Å². The zero-order valence-electron chi connectivity index (χ0n) is 35.0. The Labute approximate surface area is 380 Å². The summed E-state index contributed by atoms with van der Waals surface area (Å²) in [5.41, 5.74) is 6.28. The van der Waals surface area contributed by atoms with Gasteiger partial charge in [-0.25, -0.2) is 0 Å². The van der Waals surface area contributed by atoms with Crippen LogP contribution in [0.4, 0.5) is 0 Å².